The summed E-state index contributed by atoms with van der Waals surface area (Å²) < 4.78 is 15.8. The van der Waals surface area contributed by atoms with Crippen LogP contribution >= 0.6 is 0 Å². The Hall–Kier alpha value is -3.08. The topological polar surface area (TPSA) is 61.8 Å². The molecule has 0 bridgehead atoms. The van der Waals surface area contributed by atoms with Crippen LogP contribution in [0.2, 0.25) is 0 Å². The van der Waals surface area contributed by atoms with Crippen molar-refractivity contribution >= 4 is 18.0 Å². The van der Waals surface area contributed by atoms with Gasteiger partial charge < -0.3 is 14.2 Å². The zero-order chi connectivity index (χ0) is 18.1. The van der Waals surface area contributed by atoms with Crippen LogP contribution in [0.25, 0.3) is 6.08 Å². The van der Waals surface area contributed by atoms with E-state index in [-0.39, 0.29) is 0 Å². The van der Waals surface area contributed by atoms with Crippen molar-refractivity contribution in [2.24, 2.45) is 0 Å². The van der Waals surface area contributed by atoms with E-state index in [1.807, 2.05) is 30.3 Å². The molecule has 130 valence electrons. The molecule has 0 aliphatic heterocycles. The number of carbonyl (C=O) groups is 2. The second-order valence-corrected chi connectivity index (χ2v) is 5.16. The van der Waals surface area contributed by atoms with Gasteiger partial charge in [-0.3, -0.25) is 4.79 Å². The molecule has 0 aromatic heterocycles. The molecule has 0 fully saturated rings. The lowest BCUT2D eigenvalue weighted by Crippen LogP contribution is -2.04. The van der Waals surface area contributed by atoms with Crippen molar-refractivity contribution < 1.29 is 23.8 Å². The highest BCUT2D eigenvalue weighted by Crippen LogP contribution is 2.30. The maximum absolute atomic E-state index is 11.4. The average Bonchev–Trinajstić information content (AvgIpc) is 2.60. The van der Waals surface area contributed by atoms with E-state index < -0.39 is 11.9 Å². The summed E-state index contributed by atoms with van der Waals surface area (Å²) >= 11 is 0. The van der Waals surface area contributed by atoms with Gasteiger partial charge in [0, 0.05) is 13.0 Å². The molecule has 0 amide bonds. The second-order valence-electron chi connectivity index (χ2n) is 5.16. The normalized spacial score (nSPS) is 10.5. The molecule has 25 heavy (non-hydrogen) atoms. The molecule has 0 atom stereocenters. The highest BCUT2D eigenvalue weighted by Gasteiger charge is 2.09. The van der Waals surface area contributed by atoms with Crippen LogP contribution in [-0.2, 0) is 20.9 Å². The summed E-state index contributed by atoms with van der Waals surface area (Å²) in [7, 11) is 0. The molecule has 0 radical (unpaired) electrons. The minimum atomic E-state index is -0.448. The van der Waals surface area contributed by atoms with Crippen molar-refractivity contribution in [3.8, 4) is 11.5 Å². The van der Waals surface area contributed by atoms with E-state index in [0.29, 0.717) is 30.3 Å². The predicted octanol–water partition coefficient (Wildman–Crippen LogP) is 3.77. The van der Waals surface area contributed by atoms with E-state index in [1.54, 1.807) is 31.2 Å². The van der Waals surface area contributed by atoms with Crippen LogP contribution in [0.15, 0.2) is 54.6 Å². The molecule has 2 aromatic carbocycles. The van der Waals surface area contributed by atoms with Gasteiger partial charge in [-0.2, -0.15) is 0 Å². The maximum Gasteiger partial charge on any atom is 0.330 e. The third-order valence-electron chi connectivity index (χ3n) is 3.16. The number of benzene rings is 2. The number of hydrogen-bond acceptors (Lipinski definition) is 5. The molecule has 0 saturated carbocycles. The van der Waals surface area contributed by atoms with Crippen LogP contribution in [0.4, 0.5) is 0 Å². The fourth-order valence-corrected chi connectivity index (χ4v) is 2.07. The van der Waals surface area contributed by atoms with E-state index in [2.05, 4.69) is 0 Å². The summed E-state index contributed by atoms with van der Waals surface area (Å²) in [5.74, 6) is -0.126. The summed E-state index contributed by atoms with van der Waals surface area (Å²) in [5, 5.41) is 0. The lowest BCUT2D eigenvalue weighted by molar-refractivity contribution is -0.137. The molecule has 0 heterocycles. The van der Waals surface area contributed by atoms with Crippen LogP contribution in [0.3, 0.4) is 0 Å². The predicted molar refractivity (Wildman–Crippen MR) is 94.2 cm³/mol. The Kier molecular flexibility index (Phi) is 6.77. The van der Waals surface area contributed by atoms with Crippen LogP contribution in [0, 0.1) is 0 Å². The first-order valence-electron chi connectivity index (χ1n) is 7.92. The zero-order valence-corrected chi connectivity index (χ0v) is 14.2. The van der Waals surface area contributed by atoms with E-state index in [1.165, 1.54) is 13.0 Å². The Bertz CT molecular complexity index is 750. The van der Waals surface area contributed by atoms with Gasteiger partial charge in [-0.15, -0.1) is 0 Å². The van der Waals surface area contributed by atoms with Crippen molar-refractivity contribution in [1.29, 1.82) is 0 Å². The summed E-state index contributed by atoms with van der Waals surface area (Å²) in [4.78, 5) is 22.7. The molecular weight excluding hydrogens is 320 g/mol. The fraction of sp³-hybridized carbons (Fsp3) is 0.200. The van der Waals surface area contributed by atoms with Crippen LogP contribution in [-0.4, -0.2) is 18.5 Å². The Morgan fingerprint density at radius 2 is 1.80 bits per heavy atom. The van der Waals surface area contributed by atoms with Gasteiger partial charge in [-0.25, -0.2) is 4.79 Å². The lowest BCUT2D eigenvalue weighted by atomic mass is 10.2. The van der Waals surface area contributed by atoms with Gasteiger partial charge in [0.25, 0.3) is 0 Å². The van der Waals surface area contributed by atoms with E-state index in [4.69, 9.17) is 14.2 Å². The minimum Gasteiger partial charge on any atom is -0.485 e. The first-order valence-corrected chi connectivity index (χ1v) is 7.92. The number of hydrogen-bond donors (Lipinski definition) is 0. The highest BCUT2D eigenvalue weighted by atomic mass is 16.6. The zero-order valence-electron chi connectivity index (χ0n) is 14.2. The van der Waals surface area contributed by atoms with E-state index in [9.17, 15) is 9.59 Å². The van der Waals surface area contributed by atoms with E-state index >= 15 is 0 Å². The number of ether oxygens (including phenoxy) is 3. The van der Waals surface area contributed by atoms with Crippen molar-refractivity contribution in [2.75, 3.05) is 6.61 Å². The molecule has 0 spiro atoms. The third-order valence-corrected chi connectivity index (χ3v) is 3.16. The molecule has 5 heteroatoms. The van der Waals surface area contributed by atoms with Crippen molar-refractivity contribution in [2.45, 2.75) is 20.5 Å². The number of carbonyl (C=O) groups excluding carboxylic acids is 2. The van der Waals surface area contributed by atoms with Crippen LogP contribution < -0.4 is 9.47 Å². The SMILES string of the molecule is CCOC(=O)/C=C/c1ccc(OCc2ccccc2)c(OC(C)=O)c1. The Balaban J connectivity index is 2.15. The molecule has 2 aromatic rings. The summed E-state index contributed by atoms with van der Waals surface area (Å²) in [6, 6.07) is 14.8. The molecule has 0 aliphatic carbocycles. The molecule has 2 rings (SSSR count). The Labute approximate surface area is 146 Å². The maximum atomic E-state index is 11.4. The quantitative estimate of drug-likeness (QED) is 0.436. The Morgan fingerprint density at radius 1 is 1.04 bits per heavy atom. The number of rotatable bonds is 7. The molecular formula is C20H20O5. The smallest absolute Gasteiger partial charge is 0.330 e. The largest absolute Gasteiger partial charge is 0.485 e. The second kappa shape index (κ2) is 9.27. The van der Waals surface area contributed by atoms with Gasteiger partial charge in [0.15, 0.2) is 11.5 Å². The monoisotopic (exact) mass is 340 g/mol. The van der Waals surface area contributed by atoms with Crippen molar-refractivity contribution in [1.82, 2.24) is 0 Å². The molecule has 0 saturated heterocycles. The first kappa shape index (κ1) is 18.3. The summed E-state index contributed by atoms with van der Waals surface area (Å²) in [5.41, 5.74) is 1.69. The van der Waals surface area contributed by atoms with Gasteiger partial charge in [0.1, 0.15) is 6.61 Å². The standard InChI is InChI=1S/C20H20O5/c1-3-23-20(22)12-10-16-9-11-18(19(13-16)25-15(2)21)24-14-17-7-5-4-6-8-17/h4-13H,3,14H2,1-2H3/b12-10+. The van der Waals surface area contributed by atoms with Gasteiger partial charge in [-0.1, -0.05) is 36.4 Å². The first-order chi connectivity index (χ1) is 12.1. The van der Waals surface area contributed by atoms with Crippen LogP contribution in [0.5, 0.6) is 11.5 Å². The molecule has 0 unspecified atom stereocenters. The molecule has 0 N–H and O–H groups in total. The van der Waals surface area contributed by atoms with Gasteiger partial charge >= 0.3 is 11.9 Å². The average molecular weight is 340 g/mol. The van der Waals surface area contributed by atoms with Crippen molar-refractivity contribution in [3.63, 3.8) is 0 Å². The van der Waals surface area contributed by atoms with Crippen molar-refractivity contribution in [3.05, 3.63) is 65.7 Å². The molecule has 5 nitrogen and oxygen atoms in total. The molecule has 0 aliphatic rings. The summed E-state index contributed by atoms with van der Waals surface area (Å²) in [6.07, 6.45) is 2.91. The number of esters is 2. The third kappa shape index (κ3) is 6.14. The fourth-order valence-electron chi connectivity index (χ4n) is 2.07. The van der Waals surface area contributed by atoms with Gasteiger partial charge in [0.05, 0.1) is 6.61 Å². The minimum absolute atomic E-state index is 0.300. The van der Waals surface area contributed by atoms with Gasteiger partial charge in [0.2, 0.25) is 0 Å². The highest BCUT2D eigenvalue weighted by molar-refractivity contribution is 5.87. The summed E-state index contributed by atoms with van der Waals surface area (Å²) in [6.45, 7) is 3.73. The Morgan fingerprint density at radius 3 is 2.48 bits per heavy atom. The van der Waals surface area contributed by atoms with Crippen LogP contribution in [0.1, 0.15) is 25.0 Å². The van der Waals surface area contributed by atoms with E-state index in [0.717, 1.165) is 5.56 Å². The lowest BCUT2D eigenvalue weighted by Gasteiger charge is -2.12. The van der Waals surface area contributed by atoms with Gasteiger partial charge in [-0.05, 0) is 36.3 Å².